The summed E-state index contributed by atoms with van der Waals surface area (Å²) in [5, 5.41) is 0.820. The van der Waals surface area contributed by atoms with Gasteiger partial charge in [0.25, 0.3) is 11.8 Å². The Morgan fingerprint density at radius 1 is 0.844 bits per heavy atom. The van der Waals surface area contributed by atoms with Gasteiger partial charge in [-0.3, -0.25) is 9.59 Å². The van der Waals surface area contributed by atoms with Gasteiger partial charge in [-0.15, -0.1) is 0 Å². The van der Waals surface area contributed by atoms with Gasteiger partial charge in [-0.2, -0.15) is 0 Å². The number of pyridine rings is 1. The summed E-state index contributed by atoms with van der Waals surface area (Å²) in [4.78, 5) is 34.7. The van der Waals surface area contributed by atoms with E-state index in [0.29, 0.717) is 62.8 Å². The van der Waals surface area contributed by atoms with Crippen LogP contribution in [0.4, 0.5) is 0 Å². The van der Waals surface area contributed by atoms with Crippen LogP contribution in [-0.4, -0.2) is 72.6 Å². The Morgan fingerprint density at radius 2 is 1.56 bits per heavy atom. The van der Waals surface area contributed by atoms with Crippen molar-refractivity contribution in [2.75, 3.05) is 46.0 Å². The minimum atomic E-state index is -0.391. The van der Waals surface area contributed by atoms with Crippen LogP contribution in [0.1, 0.15) is 32.5 Å². The van der Waals surface area contributed by atoms with E-state index in [0.717, 1.165) is 10.9 Å². The van der Waals surface area contributed by atoms with Crippen LogP contribution >= 0.6 is 0 Å². The van der Waals surface area contributed by atoms with Crippen molar-refractivity contribution in [2.45, 2.75) is 6.10 Å². The predicted octanol–water partition coefficient (Wildman–Crippen LogP) is 2.92. The first-order chi connectivity index (χ1) is 15.7. The van der Waals surface area contributed by atoms with Crippen LogP contribution in [-0.2, 0) is 9.47 Å². The van der Waals surface area contributed by atoms with Gasteiger partial charge in [-0.1, -0.05) is 36.4 Å². The molecule has 2 saturated heterocycles. The largest absolute Gasteiger partial charge is 0.378 e. The van der Waals surface area contributed by atoms with Crippen molar-refractivity contribution < 1.29 is 19.1 Å². The van der Waals surface area contributed by atoms with Crippen molar-refractivity contribution in [1.82, 2.24) is 14.8 Å². The van der Waals surface area contributed by atoms with Crippen LogP contribution in [0.5, 0.6) is 0 Å². The number of aromatic nitrogens is 1. The summed E-state index contributed by atoms with van der Waals surface area (Å²) in [5.74, 6) is -0.0505. The number of rotatable bonds is 3. The summed E-state index contributed by atoms with van der Waals surface area (Å²) in [7, 11) is 0. The molecule has 3 heterocycles. The van der Waals surface area contributed by atoms with E-state index in [2.05, 4.69) is 0 Å². The van der Waals surface area contributed by atoms with Crippen molar-refractivity contribution in [3.8, 4) is 0 Å². The molecular formula is C25H25N3O4. The van der Waals surface area contributed by atoms with Crippen LogP contribution < -0.4 is 0 Å². The third-order valence-electron chi connectivity index (χ3n) is 5.97. The van der Waals surface area contributed by atoms with E-state index in [1.54, 1.807) is 4.90 Å². The number of nitrogens with zero attached hydrogens (tertiary/aromatic N) is 3. The molecule has 0 unspecified atom stereocenters. The monoisotopic (exact) mass is 431 g/mol. The maximum atomic E-state index is 13.3. The molecule has 2 amide bonds. The number of amides is 2. The Morgan fingerprint density at radius 3 is 2.38 bits per heavy atom. The summed E-state index contributed by atoms with van der Waals surface area (Å²) in [5.41, 5.74) is 2.69. The second-order valence-electron chi connectivity index (χ2n) is 7.99. The molecule has 1 aromatic heterocycles. The van der Waals surface area contributed by atoms with E-state index in [1.807, 2.05) is 65.6 Å². The van der Waals surface area contributed by atoms with Crippen LogP contribution in [0.15, 0.2) is 60.7 Å². The second kappa shape index (κ2) is 9.06. The Bertz CT molecular complexity index is 1130. The highest BCUT2D eigenvalue weighted by molar-refractivity contribution is 6.06. The predicted molar refractivity (Wildman–Crippen MR) is 120 cm³/mol. The Balaban J connectivity index is 1.46. The molecule has 0 bridgehead atoms. The lowest BCUT2D eigenvalue weighted by Gasteiger charge is -2.33. The molecule has 7 heteroatoms. The molecule has 2 aliphatic rings. The van der Waals surface area contributed by atoms with Crippen molar-refractivity contribution in [3.63, 3.8) is 0 Å². The molecule has 2 aliphatic heterocycles. The standard InChI is InChI=1S/C25H25N3O4/c29-24(18-6-2-1-3-7-18)28-12-15-32-23(17-28)22-16-20(19-8-4-5-9-21(19)26-22)25(30)27-10-13-31-14-11-27/h1-9,16,23H,10-15,17H2/t23-/m1/s1. The van der Waals surface area contributed by atoms with E-state index in [-0.39, 0.29) is 11.8 Å². The molecule has 3 aromatic rings. The fourth-order valence-corrected chi connectivity index (χ4v) is 4.25. The molecule has 5 rings (SSSR count). The molecular weight excluding hydrogens is 406 g/mol. The number of benzene rings is 2. The fraction of sp³-hybridized carbons (Fsp3) is 0.320. The van der Waals surface area contributed by atoms with E-state index in [4.69, 9.17) is 14.5 Å². The quantitative estimate of drug-likeness (QED) is 0.638. The van der Waals surface area contributed by atoms with Crippen LogP contribution in [0.3, 0.4) is 0 Å². The lowest BCUT2D eigenvalue weighted by molar-refractivity contribution is -0.0246. The molecule has 32 heavy (non-hydrogen) atoms. The van der Waals surface area contributed by atoms with Gasteiger partial charge in [0, 0.05) is 30.6 Å². The smallest absolute Gasteiger partial charge is 0.254 e. The molecule has 0 radical (unpaired) electrons. The minimum Gasteiger partial charge on any atom is -0.378 e. The molecule has 0 spiro atoms. The maximum absolute atomic E-state index is 13.3. The lowest BCUT2D eigenvalue weighted by atomic mass is 10.0. The molecule has 1 atom stereocenters. The van der Waals surface area contributed by atoms with Crippen molar-refractivity contribution in [2.24, 2.45) is 0 Å². The summed E-state index contributed by atoms with van der Waals surface area (Å²) < 4.78 is 11.4. The second-order valence-corrected chi connectivity index (χ2v) is 7.99. The van der Waals surface area contributed by atoms with E-state index < -0.39 is 6.10 Å². The zero-order valence-electron chi connectivity index (χ0n) is 17.8. The average molecular weight is 431 g/mol. The normalized spacial score (nSPS) is 19.2. The summed E-state index contributed by atoms with van der Waals surface area (Å²) in [6.07, 6.45) is -0.391. The van der Waals surface area contributed by atoms with Crippen molar-refractivity contribution in [1.29, 1.82) is 0 Å². The molecule has 0 N–H and O–H groups in total. The van der Waals surface area contributed by atoms with Gasteiger partial charge in [0.2, 0.25) is 0 Å². The zero-order valence-corrected chi connectivity index (χ0v) is 17.8. The van der Waals surface area contributed by atoms with Gasteiger partial charge < -0.3 is 19.3 Å². The van der Waals surface area contributed by atoms with Gasteiger partial charge in [-0.05, 0) is 24.3 Å². The third-order valence-corrected chi connectivity index (χ3v) is 5.97. The SMILES string of the molecule is O=C(c1ccccc1)N1CCO[C@@H](c2cc(C(=O)N3CCOCC3)c3ccccc3n2)C1. The highest BCUT2D eigenvalue weighted by Crippen LogP contribution is 2.27. The summed E-state index contributed by atoms with van der Waals surface area (Å²) in [6, 6.07) is 18.7. The Kier molecular flexibility index (Phi) is 5.83. The van der Waals surface area contributed by atoms with E-state index in [1.165, 1.54) is 0 Å². The first-order valence-corrected chi connectivity index (χ1v) is 10.9. The van der Waals surface area contributed by atoms with Gasteiger partial charge in [0.15, 0.2) is 0 Å². The lowest BCUT2D eigenvalue weighted by Crippen LogP contribution is -2.42. The van der Waals surface area contributed by atoms with Crippen LogP contribution in [0, 0.1) is 0 Å². The Labute approximate surface area is 186 Å². The molecule has 0 saturated carbocycles. The van der Waals surface area contributed by atoms with E-state index >= 15 is 0 Å². The first kappa shape index (κ1) is 20.6. The molecule has 0 aliphatic carbocycles. The topological polar surface area (TPSA) is 72.0 Å². The number of morpholine rings is 2. The van der Waals surface area contributed by atoms with Crippen molar-refractivity contribution >= 4 is 22.7 Å². The number of fused-ring (bicyclic) bond motifs is 1. The third kappa shape index (κ3) is 4.09. The van der Waals surface area contributed by atoms with Crippen molar-refractivity contribution in [3.05, 3.63) is 77.5 Å². The van der Waals surface area contributed by atoms with E-state index in [9.17, 15) is 9.59 Å². The van der Waals surface area contributed by atoms with Crippen LogP contribution in [0.2, 0.25) is 0 Å². The van der Waals surface area contributed by atoms with Gasteiger partial charge >= 0.3 is 0 Å². The summed E-state index contributed by atoms with van der Waals surface area (Å²) >= 11 is 0. The first-order valence-electron chi connectivity index (χ1n) is 10.9. The number of carbonyl (C=O) groups is 2. The maximum Gasteiger partial charge on any atom is 0.254 e. The minimum absolute atomic E-state index is 0.0238. The Hall–Kier alpha value is -3.29. The van der Waals surface area contributed by atoms with Crippen LogP contribution in [0.25, 0.3) is 10.9 Å². The van der Waals surface area contributed by atoms with Gasteiger partial charge in [-0.25, -0.2) is 4.98 Å². The molecule has 2 aromatic carbocycles. The molecule has 7 nitrogen and oxygen atoms in total. The van der Waals surface area contributed by atoms with Gasteiger partial charge in [0.1, 0.15) is 6.10 Å². The average Bonchev–Trinajstić information content (AvgIpc) is 2.88. The number of para-hydroxylation sites is 1. The summed E-state index contributed by atoms with van der Waals surface area (Å²) in [6.45, 7) is 3.58. The fourth-order valence-electron chi connectivity index (χ4n) is 4.25. The number of hydrogen-bond acceptors (Lipinski definition) is 5. The molecule has 2 fully saturated rings. The number of ether oxygens (including phenoxy) is 2. The number of hydrogen-bond donors (Lipinski definition) is 0. The highest BCUT2D eigenvalue weighted by Gasteiger charge is 2.29. The number of carbonyl (C=O) groups excluding carboxylic acids is 2. The molecule has 164 valence electrons. The zero-order chi connectivity index (χ0) is 21.9. The highest BCUT2D eigenvalue weighted by atomic mass is 16.5. The van der Waals surface area contributed by atoms with Gasteiger partial charge in [0.05, 0.1) is 43.1 Å².